The molecular weight excluding hydrogens is 225 g/mol. The number of halogens is 1. The van der Waals surface area contributed by atoms with E-state index < -0.39 is 11.8 Å². The second-order valence-corrected chi connectivity index (χ2v) is 3.39. The smallest absolute Gasteiger partial charge is 0.340 e. The zero-order valence-electron chi connectivity index (χ0n) is 9.35. The molecule has 0 atom stereocenters. The second-order valence-electron chi connectivity index (χ2n) is 3.39. The number of rotatable bonds is 2. The van der Waals surface area contributed by atoms with Crippen molar-refractivity contribution in [2.75, 3.05) is 7.11 Å². The third kappa shape index (κ3) is 2.01. The van der Waals surface area contributed by atoms with E-state index in [4.69, 9.17) is 0 Å². The van der Waals surface area contributed by atoms with Gasteiger partial charge in [-0.2, -0.15) is 5.10 Å². The van der Waals surface area contributed by atoms with Gasteiger partial charge >= 0.3 is 5.97 Å². The van der Waals surface area contributed by atoms with Crippen LogP contribution >= 0.6 is 0 Å². The van der Waals surface area contributed by atoms with Crippen LogP contribution in [-0.4, -0.2) is 27.8 Å². The molecule has 0 spiro atoms. The number of ether oxygens (including phenoxy) is 1. The molecule has 0 saturated carbocycles. The number of aromatic nitrogens is 3. The van der Waals surface area contributed by atoms with Gasteiger partial charge in [-0.25, -0.2) is 18.9 Å². The van der Waals surface area contributed by atoms with Crippen LogP contribution in [0.4, 0.5) is 4.39 Å². The van der Waals surface area contributed by atoms with Crippen molar-refractivity contribution in [3.63, 3.8) is 0 Å². The Morgan fingerprint density at radius 2 is 2.24 bits per heavy atom. The number of carbonyl (C=O) groups is 1. The number of hydrogen-bond acceptors (Lipinski definition) is 4. The third-order valence-electron chi connectivity index (χ3n) is 2.34. The molecule has 5 nitrogen and oxygen atoms in total. The number of nitrogens with zero attached hydrogens (tertiary/aromatic N) is 3. The molecule has 17 heavy (non-hydrogen) atoms. The van der Waals surface area contributed by atoms with Crippen molar-refractivity contribution in [2.45, 2.75) is 0 Å². The highest BCUT2D eigenvalue weighted by molar-refractivity contribution is 5.90. The lowest BCUT2D eigenvalue weighted by atomic mass is 10.1. The Balaban J connectivity index is 2.44. The minimum atomic E-state index is -0.702. The summed E-state index contributed by atoms with van der Waals surface area (Å²) in [6, 6.07) is 4.20. The summed E-state index contributed by atoms with van der Waals surface area (Å²) >= 11 is 0. The minimum Gasteiger partial charge on any atom is -0.465 e. The molecule has 0 N–H and O–H groups in total. The monoisotopic (exact) mass is 235 g/mol. The van der Waals surface area contributed by atoms with Crippen molar-refractivity contribution in [3.8, 4) is 11.4 Å². The van der Waals surface area contributed by atoms with Gasteiger partial charge in [0.05, 0.1) is 12.7 Å². The van der Waals surface area contributed by atoms with Gasteiger partial charge in [-0.05, 0) is 12.1 Å². The summed E-state index contributed by atoms with van der Waals surface area (Å²) in [5.74, 6) is -0.815. The molecule has 0 amide bonds. The minimum absolute atomic E-state index is 0.0987. The maximum atomic E-state index is 13.7. The molecule has 0 fully saturated rings. The van der Waals surface area contributed by atoms with Gasteiger partial charge in [-0.1, -0.05) is 6.07 Å². The summed E-state index contributed by atoms with van der Waals surface area (Å²) < 4.78 is 19.6. The lowest BCUT2D eigenvalue weighted by Gasteiger charge is -2.04. The number of benzene rings is 1. The Morgan fingerprint density at radius 3 is 2.76 bits per heavy atom. The molecule has 2 rings (SSSR count). The fourth-order valence-electron chi connectivity index (χ4n) is 1.49. The van der Waals surface area contributed by atoms with Crippen LogP contribution in [0.2, 0.25) is 0 Å². The van der Waals surface area contributed by atoms with Gasteiger partial charge in [0, 0.05) is 12.6 Å². The summed E-state index contributed by atoms with van der Waals surface area (Å²) in [5.41, 5.74) is 0.452. The third-order valence-corrected chi connectivity index (χ3v) is 2.34. The lowest BCUT2D eigenvalue weighted by molar-refractivity contribution is 0.0595. The van der Waals surface area contributed by atoms with Gasteiger partial charge in [-0.3, -0.25) is 0 Å². The van der Waals surface area contributed by atoms with Crippen molar-refractivity contribution in [1.82, 2.24) is 14.8 Å². The van der Waals surface area contributed by atoms with E-state index in [1.54, 1.807) is 13.1 Å². The molecule has 6 heteroatoms. The summed E-state index contributed by atoms with van der Waals surface area (Å²) in [4.78, 5) is 15.2. The zero-order valence-corrected chi connectivity index (χ0v) is 9.35. The molecule has 2 aromatic rings. The van der Waals surface area contributed by atoms with Crippen molar-refractivity contribution in [1.29, 1.82) is 0 Å². The van der Waals surface area contributed by atoms with Gasteiger partial charge in [-0.15, -0.1) is 0 Å². The quantitative estimate of drug-likeness (QED) is 0.738. The summed E-state index contributed by atoms with van der Waals surface area (Å²) in [7, 11) is 2.91. The van der Waals surface area contributed by atoms with Crippen LogP contribution < -0.4 is 0 Å². The molecule has 0 bridgehead atoms. The summed E-state index contributed by atoms with van der Waals surface area (Å²) in [6.07, 6.45) is 1.38. The first kappa shape index (κ1) is 11.3. The number of methoxy groups -OCH3 is 1. The Morgan fingerprint density at radius 1 is 1.47 bits per heavy atom. The SMILES string of the molecule is COC(=O)c1ccc(-c2ncnn2C)cc1F. The predicted octanol–water partition coefficient (Wildman–Crippen LogP) is 1.41. The van der Waals surface area contributed by atoms with E-state index >= 15 is 0 Å². The average molecular weight is 235 g/mol. The van der Waals surface area contributed by atoms with Crippen LogP contribution in [0.3, 0.4) is 0 Å². The number of aryl methyl sites for hydroxylation is 1. The van der Waals surface area contributed by atoms with Crippen molar-refractivity contribution in [3.05, 3.63) is 35.9 Å². The zero-order chi connectivity index (χ0) is 12.4. The van der Waals surface area contributed by atoms with Crippen molar-refractivity contribution < 1.29 is 13.9 Å². The van der Waals surface area contributed by atoms with Crippen LogP contribution in [0.5, 0.6) is 0 Å². The highest BCUT2D eigenvalue weighted by atomic mass is 19.1. The lowest BCUT2D eigenvalue weighted by Crippen LogP contribution is -2.05. The maximum Gasteiger partial charge on any atom is 0.340 e. The van der Waals surface area contributed by atoms with E-state index in [-0.39, 0.29) is 5.56 Å². The molecule has 0 aliphatic heterocycles. The van der Waals surface area contributed by atoms with Crippen LogP contribution in [0.15, 0.2) is 24.5 Å². The maximum absolute atomic E-state index is 13.7. The Hall–Kier alpha value is -2.24. The average Bonchev–Trinajstić information content (AvgIpc) is 2.74. The van der Waals surface area contributed by atoms with E-state index in [2.05, 4.69) is 14.8 Å². The Labute approximate surface area is 96.9 Å². The second kappa shape index (κ2) is 4.32. The standard InChI is InChI=1S/C11H10FN3O2/c1-15-10(13-6-14-15)7-3-4-8(9(12)5-7)11(16)17-2/h3-6H,1-2H3. The molecular formula is C11H10FN3O2. The molecule has 1 heterocycles. The van der Waals surface area contributed by atoms with Gasteiger partial charge in [0.15, 0.2) is 5.82 Å². The van der Waals surface area contributed by atoms with E-state index in [0.717, 1.165) is 0 Å². The summed E-state index contributed by atoms with van der Waals surface area (Å²) in [6.45, 7) is 0. The number of esters is 1. The molecule has 0 radical (unpaired) electrons. The van der Waals surface area contributed by atoms with Crippen LogP contribution in [-0.2, 0) is 11.8 Å². The molecule has 1 aromatic heterocycles. The topological polar surface area (TPSA) is 57.0 Å². The van der Waals surface area contributed by atoms with E-state index in [9.17, 15) is 9.18 Å². The van der Waals surface area contributed by atoms with Crippen LogP contribution in [0.1, 0.15) is 10.4 Å². The molecule has 0 aliphatic rings. The fraction of sp³-hybridized carbons (Fsp3) is 0.182. The predicted molar refractivity (Wildman–Crippen MR) is 57.7 cm³/mol. The normalized spacial score (nSPS) is 10.3. The molecule has 0 unspecified atom stereocenters. The first-order valence-electron chi connectivity index (χ1n) is 4.85. The highest BCUT2D eigenvalue weighted by Gasteiger charge is 2.14. The van der Waals surface area contributed by atoms with Gasteiger partial charge in [0.1, 0.15) is 12.1 Å². The Bertz CT molecular complexity index is 566. The molecule has 1 aromatic carbocycles. The van der Waals surface area contributed by atoms with Gasteiger partial charge < -0.3 is 4.74 Å². The number of hydrogen-bond donors (Lipinski definition) is 0. The molecule has 0 aliphatic carbocycles. The van der Waals surface area contributed by atoms with Crippen molar-refractivity contribution in [2.24, 2.45) is 7.05 Å². The fourth-order valence-corrected chi connectivity index (χ4v) is 1.49. The first-order valence-corrected chi connectivity index (χ1v) is 4.85. The van der Waals surface area contributed by atoms with Crippen LogP contribution in [0, 0.1) is 5.82 Å². The highest BCUT2D eigenvalue weighted by Crippen LogP contribution is 2.19. The van der Waals surface area contributed by atoms with E-state index in [0.29, 0.717) is 11.4 Å². The Kier molecular flexibility index (Phi) is 2.86. The van der Waals surface area contributed by atoms with E-state index in [1.807, 2.05) is 0 Å². The number of carbonyl (C=O) groups excluding carboxylic acids is 1. The van der Waals surface area contributed by atoms with Crippen molar-refractivity contribution >= 4 is 5.97 Å². The van der Waals surface area contributed by atoms with Gasteiger partial charge in [0.2, 0.25) is 0 Å². The van der Waals surface area contributed by atoms with Crippen LogP contribution in [0.25, 0.3) is 11.4 Å². The molecule has 0 saturated heterocycles. The first-order chi connectivity index (χ1) is 8.13. The molecule has 88 valence electrons. The van der Waals surface area contributed by atoms with E-state index in [1.165, 1.54) is 30.3 Å². The summed E-state index contributed by atoms with van der Waals surface area (Å²) in [5, 5.41) is 3.89. The largest absolute Gasteiger partial charge is 0.465 e. The van der Waals surface area contributed by atoms with Gasteiger partial charge in [0.25, 0.3) is 0 Å².